The first kappa shape index (κ1) is 19.4. The Balaban J connectivity index is 1.32. The van der Waals surface area contributed by atoms with Gasteiger partial charge in [-0.05, 0) is 30.7 Å². The van der Waals surface area contributed by atoms with E-state index in [2.05, 4.69) is 15.4 Å². The quantitative estimate of drug-likeness (QED) is 0.562. The third kappa shape index (κ3) is 4.37. The molecule has 2 aromatic heterocycles. The van der Waals surface area contributed by atoms with Crippen molar-refractivity contribution in [3.63, 3.8) is 0 Å². The molecule has 0 saturated carbocycles. The lowest BCUT2D eigenvalue weighted by molar-refractivity contribution is -0.121. The highest BCUT2D eigenvalue weighted by atomic mass is 16.7. The molecule has 0 saturated heterocycles. The molecule has 10 nitrogen and oxygen atoms in total. The van der Waals surface area contributed by atoms with E-state index in [0.29, 0.717) is 36.7 Å². The largest absolute Gasteiger partial charge is 0.454 e. The summed E-state index contributed by atoms with van der Waals surface area (Å²) < 4.78 is 13.2. The van der Waals surface area contributed by atoms with Crippen LogP contribution < -0.4 is 25.9 Å². The number of hydrogen-bond donors (Lipinski definition) is 1. The van der Waals surface area contributed by atoms with Crippen LogP contribution in [0.25, 0.3) is 11.3 Å². The lowest BCUT2D eigenvalue weighted by atomic mass is 10.1. The number of hydrogen-bond acceptors (Lipinski definition) is 7. The van der Waals surface area contributed by atoms with Gasteiger partial charge in [0.1, 0.15) is 6.54 Å². The van der Waals surface area contributed by atoms with E-state index in [1.807, 2.05) is 0 Å². The van der Waals surface area contributed by atoms with E-state index < -0.39 is 0 Å². The first-order chi connectivity index (χ1) is 14.6. The summed E-state index contributed by atoms with van der Waals surface area (Å²) in [6, 6.07) is 9.69. The molecule has 0 fully saturated rings. The second-order valence-corrected chi connectivity index (χ2v) is 6.60. The maximum absolute atomic E-state index is 12.4. The SMILES string of the molecule is O=C(Cn1cnc(-c2ccc3c(c2)OCO3)cc1=O)NCCCn1ncccc1=O. The van der Waals surface area contributed by atoms with Crippen LogP contribution in [0.3, 0.4) is 0 Å². The van der Waals surface area contributed by atoms with Crippen LogP contribution >= 0.6 is 0 Å². The summed E-state index contributed by atoms with van der Waals surface area (Å²) in [5.41, 5.74) is 0.672. The number of benzene rings is 1. The predicted molar refractivity (Wildman–Crippen MR) is 106 cm³/mol. The van der Waals surface area contributed by atoms with E-state index in [1.54, 1.807) is 24.3 Å². The molecular formula is C20H19N5O5. The van der Waals surface area contributed by atoms with Gasteiger partial charge < -0.3 is 14.8 Å². The Hall–Kier alpha value is -3.95. The van der Waals surface area contributed by atoms with E-state index in [-0.39, 0.29) is 30.4 Å². The average molecular weight is 409 g/mol. The molecule has 0 bridgehead atoms. The summed E-state index contributed by atoms with van der Waals surface area (Å²) in [6.45, 7) is 0.781. The van der Waals surface area contributed by atoms with E-state index >= 15 is 0 Å². The summed E-state index contributed by atoms with van der Waals surface area (Å²) in [4.78, 5) is 40.3. The number of carbonyl (C=O) groups excluding carboxylic acids is 1. The molecule has 10 heteroatoms. The van der Waals surface area contributed by atoms with Gasteiger partial charge in [-0.1, -0.05) is 0 Å². The van der Waals surface area contributed by atoms with Crippen LogP contribution in [-0.2, 0) is 17.9 Å². The molecule has 3 heterocycles. The molecule has 0 unspecified atom stereocenters. The van der Waals surface area contributed by atoms with Gasteiger partial charge in [-0.25, -0.2) is 9.67 Å². The van der Waals surface area contributed by atoms with Crippen molar-refractivity contribution in [2.75, 3.05) is 13.3 Å². The molecule has 1 amide bonds. The van der Waals surface area contributed by atoms with Crippen LogP contribution in [-0.4, -0.2) is 38.6 Å². The van der Waals surface area contributed by atoms with Crippen molar-refractivity contribution in [2.45, 2.75) is 19.5 Å². The Morgan fingerprint density at radius 2 is 1.97 bits per heavy atom. The number of nitrogens with one attached hydrogen (secondary N) is 1. The molecule has 0 aliphatic carbocycles. The molecule has 154 valence electrons. The minimum absolute atomic E-state index is 0.142. The van der Waals surface area contributed by atoms with Gasteiger partial charge in [0, 0.05) is 37.0 Å². The summed E-state index contributed by atoms with van der Waals surface area (Å²) >= 11 is 0. The molecule has 1 N–H and O–H groups in total. The molecule has 0 atom stereocenters. The first-order valence-corrected chi connectivity index (χ1v) is 9.35. The van der Waals surface area contributed by atoms with E-state index in [0.717, 1.165) is 5.56 Å². The summed E-state index contributed by atoms with van der Waals surface area (Å²) in [6.07, 6.45) is 3.42. The van der Waals surface area contributed by atoms with E-state index in [4.69, 9.17) is 9.47 Å². The standard InChI is InChI=1S/C20H19N5O5/c26-18(21-6-2-8-25-19(27)3-1-7-23-25)11-24-12-22-15(10-20(24)28)14-4-5-16-17(9-14)30-13-29-16/h1,3-5,7,9-10,12H,2,6,8,11,13H2,(H,21,26). The summed E-state index contributed by atoms with van der Waals surface area (Å²) in [5.74, 6) is 0.936. The monoisotopic (exact) mass is 409 g/mol. The molecule has 0 spiro atoms. The van der Waals surface area contributed by atoms with Crippen molar-refractivity contribution in [3.05, 3.63) is 69.6 Å². The second-order valence-electron chi connectivity index (χ2n) is 6.60. The van der Waals surface area contributed by atoms with E-state index in [9.17, 15) is 14.4 Å². The Morgan fingerprint density at radius 3 is 2.80 bits per heavy atom. The lowest BCUT2D eigenvalue weighted by Crippen LogP contribution is -2.33. The van der Waals surface area contributed by atoms with Gasteiger partial charge in [0.15, 0.2) is 11.5 Å². The van der Waals surface area contributed by atoms with Gasteiger partial charge in [0.2, 0.25) is 12.7 Å². The molecule has 1 aromatic carbocycles. The fourth-order valence-corrected chi connectivity index (χ4v) is 2.98. The smallest absolute Gasteiger partial charge is 0.266 e. The second kappa shape index (κ2) is 8.60. The number of fused-ring (bicyclic) bond motifs is 1. The fourth-order valence-electron chi connectivity index (χ4n) is 2.98. The van der Waals surface area contributed by atoms with Crippen LogP contribution in [0.4, 0.5) is 0 Å². The van der Waals surface area contributed by atoms with Gasteiger partial charge in [0.05, 0.1) is 12.0 Å². The molecule has 0 radical (unpaired) electrons. The highest BCUT2D eigenvalue weighted by Gasteiger charge is 2.15. The van der Waals surface area contributed by atoms with Crippen LogP contribution in [0.5, 0.6) is 11.5 Å². The zero-order valence-corrected chi connectivity index (χ0v) is 16.0. The first-order valence-electron chi connectivity index (χ1n) is 9.35. The van der Waals surface area contributed by atoms with Crippen LogP contribution in [0.2, 0.25) is 0 Å². The third-order valence-corrected chi connectivity index (χ3v) is 4.52. The normalized spacial score (nSPS) is 12.0. The number of ether oxygens (including phenoxy) is 2. The van der Waals surface area contributed by atoms with E-state index in [1.165, 1.54) is 33.9 Å². The average Bonchev–Trinajstić information content (AvgIpc) is 3.22. The minimum atomic E-state index is -0.340. The molecule has 4 rings (SSSR count). The Bertz CT molecular complexity index is 1190. The van der Waals surface area contributed by atoms with Crippen molar-refractivity contribution in [2.24, 2.45) is 0 Å². The number of amides is 1. The summed E-state index contributed by atoms with van der Waals surface area (Å²) in [7, 11) is 0. The van der Waals surface area contributed by atoms with Crippen molar-refractivity contribution < 1.29 is 14.3 Å². The van der Waals surface area contributed by atoms with Crippen molar-refractivity contribution in [1.82, 2.24) is 24.6 Å². The maximum Gasteiger partial charge on any atom is 0.266 e. The molecule has 1 aliphatic heterocycles. The van der Waals surface area contributed by atoms with Crippen molar-refractivity contribution >= 4 is 5.91 Å². The zero-order valence-electron chi connectivity index (χ0n) is 16.0. The van der Waals surface area contributed by atoms with Gasteiger partial charge in [-0.3, -0.25) is 19.0 Å². The Morgan fingerprint density at radius 1 is 1.10 bits per heavy atom. The molecule has 3 aromatic rings. The Kier molecular flexibility index (Phi) is 5.55. The number of aromatic nitrogens is 4. The van der Waals surface area contributed by atoms with Crippen LogP contribution in [0.1, 0.15) is 6.42 Å². The van der Waals surface area contributed by atoms with Crippen LogP contribution in [0, 0.1) is 0 Å². The molecule has 30 heavy (non-hydrogen) atoms. The maximum atomic E-state index is 12.4. The fraction of sp³-hybridized carbons (Fsp3) is 0.250. The minimum Gasteiger partial charge on any atom is -0.454 e. The molecule has 1 aliphatic rings. The van der Waals surface area contributed by atoms with Gasteiger partial charge in [-0.2, -0.15) is 5.10 Å². The summed E-state index contributed by atoms with van der Waals surface area (Å²) in [5, 5.41) is 6.67. The van der Waals surface area contributed by atoms with Gasteiger partial charge in [0.25, 0.3) is 11.1 Å². The van der Waals surface area contributed by atoms with Crippen molar-refractivity contribution in [3.8, 4) is 22.8 Å². The van der Waals surface area contributed by atoms with Gasteiger partial charge in [-0.15, -0.1) is 0 Å². The van der Waals surface area contributed by atoms with Gasteiger partial charge >= 0.3 is 0 Å². The predicted octanol–water partition coefficient (Wildman–Crippen LogP) is 0.402. The number of nitrogens with zero attached hydrogens (tertiary/aromatic N) is 4. The number of carbonyl (C=O) groups is 1. The zero-order chi connectivity index (χ0) is 20.9. The van der Waals surface area contributed by atoms with Crippen molar-refractivity contribution in [1.29, 1.82) is 0 Å². The highest BCUT2D eigenvalue weighted by molar-refractivity contribution is 5.75. The Labute approximate surface area is 170 Å². The molecular weight excluding hydrogens is 390 g/mol. The number of aryl methyl sites for hydroxylation is 1. The lowest BCUT2D eigenvalue weighted by Gasteiger charge is -2.09. The number of rotatable bonds is 7. The third-order valence-electron chi connectivity index (χ3n) is 4.52. The van der Waals surface area contributed by atoms with Crippen LogP contribution in [0.15, 0.2) is 58.5 Å². The highest BCUT2D eigenvalue weighted by Crippen LogP contribution is 2.35. The topological polar surface area (TPSA) is 117 Å².